The van der Waals surface area contributed by atoms with Crippen molar-refractivity contribution >= 4 is 23.3 Å². The molecule has 4 rings (SSSR count). The summed E-state index contributed by atoms with van der Waals surface area (Å²) in [5, 5.41) is 87.4. The van der Waals surface area contributed by atoms with Crippen molar-refractivity contribution in [3.05, 3.63) is 64.7 Å². The van der Waals surface area contributed by atoms with Gasteiger partial charge in [-0.25, -0.2) is 4.79 Å². The van der Waals surface area contributed by atoms with Crippen LogP contribution in [0, 0.1) is 0 Å². The van der Waals surface area contributed by atoms with Crippen LogP contribution in [0.25, 0.3) is 11.1 Å². The highest BCUT2D eigenvalue weighted by atomic mass is 35.5. The Labute approximate surface area is 209 Å². The Kier molecular flexibility index (Phi) is 6.37. The van der Waals surface area contributed by atoms with E-state index in [4.69, 9.17) is 11.6 Å². The molecule has 0 aromatic heterocycles. The van der Waals surface area contributed by atoms with Gasteiger partial charge in [0, 0.05) is 17.1 Å². The Balaban J connectivity index is 1.51. The Hall–Kier alpha value is -3.74. The van der Waals surface area contributed by atoms with Gasteiger partial charge in [0.25, 0.3) is 0 Å². The number of aromatic carboxylic acids is 1. The van der Waals surface area contributed by atoms with E-state index in [0.717, 1.165) is 0 Å². The van der Waals surface area contributed by atoms with Gasteiger partial charge in [-0.2, -0.15) is 0 Å². The minimum atomic E-state index is -1.81. The second-order valence-electron chi connectivity index (χ2n) is 8.60. The van der Waals surface area contributed by atoms with Crippen molar-refractivity contribution in [2.24, 2.45) is 0 Å². The molecule has 36 heavy (non-hydrogen) atoms. The van der Waals surface area contributed by atoms with Crippen molar-refractivity contribution < 1.29 is 45.6 Å². The van der Waals surface area contributed by atoms with E-state index >= 15 is 0 Å². The molecule has 10 N–H and O–H groups in total. The second kappa shape index (κ2) is 9.04. The maximum absolute atomic E-state index is 11.4. The number of nitrogens with one attached hydrogen (secondary N) is 2. The number of carboxylic acid groups (broad SMARTS) is 1. The lowest BCUT2D eigenvalue weighted by Crippen LogP contribution is -2.76. The average Bonchev–Trinajstić information content (AvgIpc) is 2.80. The SMILES string of the molecule is O=C(O)c1c(O)c(O)c(O)c(-c2cccc(NCC3(O)CC(O)(C(O)c4cccc(Cl)c4)N3)c2)c1O. The quantitative estimate of drug-likeness (QED) is 0.162. The van der Waals surface area contributed by atoms with E-state index in [2.05, 4.69) is 10.6 Å². The van der Waals surface area contributed by atoms with Gasteiger partial charge >= 0.3 is 5.97 Å². The molecule has 1 aliphatic heterocycles. The zero-order valence-corrected chi connectivity index (χ0v) is 19.2. The monoisotopic (exact) mass is 518 g/mol. The van der Waals surface area contributed by atoms with E-state index in [1.54, 1.807) is 24.3 Å². The molecular formula is C24H23ClN2O9. The van der Waals surface area contributed by atoms with Crippen LogP contribution in [0.1, 0.15) is 28.4 Å². The summed E-state index contributed by atoms with van der Waals surface area (Å²) in [5.41, 5.74) is -4.02. The summed E-state index contributed by atoms with van der Waals surface area (Å²) >= 11 is 5.93. The molecule has 1 heterocycles. The number of phenols is 4. The highest BCUT2D eigenvalue weighted by Crippen LogP contribution is 2.51. The summed E-state index contributed by atoms with van der Waals surface area (Å²) in [7, 11) is 0. The third-order valence-electron chi connectivity index (χ3n) is 5.97. The van der Waals surface area contributed by atoms with E-state index in [-0.39, 0.29) is 18.5 Å². The molecule has 12 heteroatoms. The lowest BCUT2D eigenvalue weighted by molar-refractivity contribution is -0.252. The van der Waals surface area contributed by atoms with E-state index in [1.807, 2.05) is 0 Å². The highest BCUT2D eigenvalue weighted by molar-refractivity contribution is 6.30. The molecule has 0 saturated carbocycles. The molecule has 0 amide bonds. The van der Waals surface area contributed by atoms with Crippen molar-refractivity contribution in [2.45, 2.75) is 24.0 Å². The maximum atomic E-state index is 11.4. The molecule has 3 atom stereocenters. The van der Waals surface area contributed by atoms with E-state index in [9.17, 15) is 45.6 Å². The van der Waals surface area contributed by atoms with Gasteiger partial charge in [0.05, 0.1) is 12.1 Å². The Morgan fingerprint density at radius 1 is 1.00 bits per heavy atom. The number of anilines is 1. The molecular weight excluding hydrogens is 496 g/mol. The zero-order valence-electron chi connectivity index (χ0n) is 18.5. The van der Waals surface area contributed by atoms with Crippen molar-refractivity contribution in [1.29, 1.82) is 0 Å². The fourth-order valence-electron chi connectivity index (χ4n) is 4.26. The van der Waals surface area contributed by atoms with Gasteiger partial charge in [-0.3, -0.25) is 5.32 Å². The van der Waals surface area contributed by atoms with E-state index in [0.29, 0.717) is 16.3 Å². The Morgan fingerprint density at radius 2 is 1.67 bits per heavy atom. The lowest BCUT2D eigenvalue weighted by Gasteiger charge is -2.53. The van der Waals surface area contributed by atoms with Crippen molar-refractivity contribution in [3.8, 4) is 34.1 Å². The van der Waals surface area contributed by atoms with Gasteiger partial charge < -0.3 is 46.2 Å². The van der Waals surface area contributed by atoms with Gasteiger partial charge in [0.1, 0.15) is 23.1 Å². The molecule has 0 aliphatic carbocycles. The van der Waals surface area contributed by atoms with Crippen molar-refractivity contribution in [2.75, 3.05) is 11.9 Å². The van der Waals surface area contributed by atoms with Crippen LogP contribution in [-0.4, -0.2) is 64.8 Å². The number of hydrogen-bond acceptors (Lipinski definition) is 10. The van der Waals surface area contributed by atoms with Crippen LogP contribution in [0.3, 0.4) is 0 Å². The molecule has 1 aliphatic rings. The molecule has 3 aromatic carbocycles. The fraction of sp³-hybridized carbons (Fsp3) is 0.208. The Morgan fingerprint density at radius 3 is 2.31 bits per heavy atom. The van der Waals surface area contributed by atoms with Crippen LogP contribution in [0.15, 0.2) is 48.5 Å². The number of aromatic hydroxyl groups is 4. The smallest absolute Gasteiger partial charge is 0.343 e. The van der Waals surface area contributed by atoms with E-state index in [1.165, 1.54) is 24.3 Å². The van der Waals surface area contributed by atoms with Crippen molar-refractivity contribution in [1.82, 2.24) is 5.32 Å². The summed E-state index contributed by atoms with van der Waals surface area (Å²) in [6.45, 7) is -0.139. The predicted molar refractivity (Wildman–Crippen MR) is 128 cm³/mol. The first-order valence-corrected chi connectivity index (χ1v) is 11.0. The molecule has 0 bridgehead atoms. The number of benzene rings is 3. The molecule has 3 aromatic rings. The number of aliphatic hydroxyl groups excluding tert-OH is 1. The third kappa shape index (κ3) is 4.45. The molecule has 190 valence electrons. The van der Waals surface area contributed by atoms with Gasteiger partial charge in [0.15, 0.2) is 17.2 Å². The topological polar surface area (TPSA) is 203 Å². The predicted octanol–water partition coefficient (Wildman–Crippen LogP) is 2.04. The largest absolute Gasteiger partial charge is 0.506 e. The number of phenolic OH excluding ortho intramolecular Hbond substituents is 2. The summed E-state index contributed by atoms with van der Waals surface area (Å²) < 4.78 is 0. The number of carboxylic acids is 1. The highest BCUT2D eigenvalue weighted by Gasteiger charge is 2.56. The zero-order chi connectivity index (χ0) is 26.4. The molecule has 1 fully saturated rings. The van der Waals surface area contributed by atoms with Crippen LogP contribution in [0.5, 0.6) is 23.0 Å². The average molecular weight is 519 g/mol. The molecule has 0 radical (unpaired) electrons. The summed E-state index contributed by atoms with van der Waals surface area (Å²) in [6.07, 6.45) is -1.60. The number of aliphatic hydroxyl groups is 3. The molecule has 0 spiro atoms. The van der Waals surface area contributed by atoms with Crippen LogP contribution in [-0.2, 0) is 0 Å². The summed E-state index contributed by atoms with van der Waals surface area (Å²) in [4.78, 5) is 11.4. The Bertz CT molecular complexity index is 1340. The number of halogens is 1. The second-order valence-corrected chi connectivity index (χ2v) is 9.04. The standard InChI is InChI=1S/C24H23ClN2O9/c25-13-5-1-4-12(7-13)21(32)24(36)9-23(35,27-24)10-26-14-6-2-3-11(8-14)15-17(28)16(22(33)34)19(30)20(31)18(15)29/h1-8,21,26-32,35-36H,9-10H2,(H,33,34). The normalized spacial score (nSPS) is 22.0. The summed E-state index contributed by atoms with van der Waals surface area (Å²) in [5.74, 6) is -5.88. The molecule has 1 saturated heterocycles. The van der Waals surface area contributed by atoms with Gasteiger partial charge in [-0.1, -0.05) is 35.9 Å². The third-order valence-corrected chi connectivity index (χ3v) is 6.21. The number of hydrogen-bond donors (Lipinski definition) is 10. The van der Waals surface area contributed by atoms with Gasteiger partial charge in [-0.05, 0) is 35.4 Å². The van der Waals surface area contributed by atoms with E-state index < -0.39 is 57.6 Å². The van der Waals surface area contributed by atoms with Gasteiger partial charge in [0.2, 0.25) is 5.75 Å². The van der Waals surface area contributed by atoms with Crippen LogP contribution in [0.2, 0.25) is 5.02 Å². The number of carbonyl (C=O) groups is 1. The fourth-order valence-corrected chi connectivity index (χ4v) is 4.46. The van der Waals surface area contributed by atoms with Crippen LogP contribution in [0.4, 0.5) is 5.69 Å². The van der Waals surface area contributed by atoms with Gasteiger partial charge in [-0.15, -0.1) is 0 Å². The minimum absolute atomic E-state index is 0.0919. The number of rotatable bonds is 7. The molecule has 11 nitrogen and oxygen atoms in total. The molecule has 3 unspecified atom stereocenters. The first-order chi connectivity index (χ1) is 16.8. The summed E-state index contributed by atoms with van der Waals surface area (Å²) in [6, 6.07) is 12.2. The first kappa shape index (κ1) is 25.4. The maximum Gasteiger partial charge on any atom is 0.343 e. The first-order valence-electron chi connectivity index (χ1n) is 10.6. The van der Waals surface area contributed by atoms with Crippen LogP contribution >= 0.6 is 11.6 Å². The minimum Gasteiger partial charge on any atom is -0.506 e. The van der Waals surface area contributed by atoms with Crippen LogP contribution < -0.4 is 10.6 Å². The lowest BCUT2D eigenvalue weighted by atomic mass is 9.82. The van der Waals surface area contributed by atoms with Crippen molar-refractivity contribution in [3.63, 3.8) is 0 Å².